The molecule has 0 aromatic heterocycles. The van der Waals surface area contributed by atoms with Gasteiger partial charge >= 0.3 is 6.03 Å². The summed E-state index contributed by atoms with van der Waals surface area (Å²) in [6, 6.07) is 2.61. The van der Waals surface area contributed by atoms with Crippen LogP contribution in [0, 0.1) is 17.2 Å². The van der Waals surface area contributed by atoms with Crippen molar-refractivity contribution < 1.29 is 4.79 Å². The summed E-state index contributed by atoms with van der Waals surface area (Å²) in [5.74, 6) is 0.0709. The predicted octanol–water partition coefficient (Wildman–Crippen LogP) is -0.145. The molecule has 0 aliphatic carbocycles. The summed E-state index contributed by atoms with van der Waals surface area (Å²) in [7, 11) is 0. The number of fused-ring (bicyclic) bond motifs is 1. The van der Waals surface area contributed by atoms with Crippen molar-refractivity contribution in [2.45, 2.75) is 13.0 Å². The molecule has 2 rings (SSSR count). The number of carbonyl (C=O) groups is 1. The zero-order valence-electron chi connectivity index (χ0n) is 8.94. The number of piperazine rings is 1. The predicted molar refractivity (Wildman–Crippen MR) is 55.1 cm³/mol. The van der Waals surface area contributed by atoms with E-state index in [1.807, 2.05) is 11.8 Å². The van der Waals surface area contributed by atoms with Crippen molar-refractivity contribution in [1.82, 2.24) is 15.1 Å². The highest BCUT2D eigenvalue weighted by atomic mass is 16.2. The Morgan fingerprint density at radius 1 is 1.67 bits per heavy atom. The van der Waals surface area contributed by atoms with Gasteiger partial charge in [-0.25, -0.2) is 4.79 Å². The Bertz CT molecular complexity index is 298. The number of amides is 2. The smallest absolute Gasteiger partial charge is 0.317 e. The van der Waals surface area contributed by atoms with Gasteiger partial charge in [0.1, 0.15) is 0 Å². The fourth-order valence-corrected chi connectivity index (χ4v) is 2.26. The van der Waals surface area contributed by atoms with Crippen molar-refractivity contribution in [2.24, 2.45) is 5.92 Å². The second-order valence-corrected chi connectivity index (χ2v) is 4.32. The summed E-state index contributed by atoms with van der Waals surface area (Å²) < 4.78 is 0. The summed E-state index contributed by atoms with van der Waals surface area (Å²) in [5.41, 5.74) is 0. The average Bonchev–Trinajstić information content (AvgIpc) is 2.60. The van der Waals surface area contributed by atoms with Crippen molar-refractivity contribution in [3.63, 3.8) is 0 Å². The molecule has 2 aliphatic rings. The van der Waals surface area contributed by atoms with Crippen molar-refractivity contribution >= 4 is 6.03 Å². The summed E-state index contributed by atoms with van der Waals surface area (Å²) in [6.07, 6.45) is 0. The van der Waals surface area contributed by atoms with Gasteiger partial charge in [-0.1, -0.05) is 0 Å². The maximum Gasteiger partial charge on any atom is 0.317 e. The van der Waals surface area contributed by atoms with Crippen LogP contribution in [0.25, 0.3) is 0 Å². The number of rotatable bonds is 2. The van der Waals surface area contributed by atoms with Gasteiger partial charge in [0.05, 0.1) is 18.0 Å². The molecule has 5 heteroatoms. The van der Waals surface area contributed by atoms with E-state index in [2.05, 4.69) is 16.3 Å². The van der Waals surface area contributed by atoms with Crippen LogP contribution in [-0.4, -0.2) is 54.6 Å². The highest BCUT2D eigenvalue weighted by Gasteiger charge is 2.35. The highest BCUT2D eigenvalue weighted by molar-refractivity contribution is 5.77. The molecule has 0 spiro atoms. The molecule has 2 heterocycles. The molecular weight excluding hydrogens is 192 g/mol. The molecule has 0 bridgehead atoms. The Kier molecular flexibility index (Phi) is 2.78. The molecule has 2 aliphatic heterocycles. The molecule has 0 saturated carbocycles. The van der Waals surface area contributed by atoms with Crippen LogP contribution in [0.4, 0.5) is 4.79 Å². The Labute approximate surface area is 89.6 Å². The highest BCUT2D eigenvalue weighted by Crippen LogP contribution is 2.14. The zero-order chi connectivity index (χ0) is 10.8. The molecule has 0 aromatic carbocycles. The standard InChI is InChI=1S/C10H16N4O/c1-8(4-11)6-13-2-3-14-9(7-13)5-12-10(14)15/h8-9H,2-3,5-7H2,1H3,(H,12,15). The molecule has 82 valence electrons. The average molecular weight is 208 g/mol. The van der Waals surface area contributed by atoms with Gasteiger partial charge in [0.2, 0.25) is 0 Å². The molecule has 5 nitrogen and oxygen atoms in total. The molecule has 2 amide bonds. The Morgan fingerprint density at radius 2 is 2.47 bits per heavy atom. The maximum absolute atomic E-state index is 11.3. The van der Waals surface area contributed by atoms with Crippen LogP contribution in [0.2, 0.25) is 0 Å². The van der Waals surface area contributed by atoms with Crippen molar-refractivity contribution in [3.8, 4) is 6.07 Å². The lowest BCUT2D eigenvalue weighted by Crippen LogP contribution is -2.52. The monoisotopic (exact) mass is 208 g/mol. The minimum Gasteiger partial charge on any atom is -0.336 e. The van der Waals surface area contributed by atoms with Crippen LogP contribution in [-0.2, 0) is 0 Å². The molecule has 0 radical (unpaired) electrons. The van der Waals surface area contributed by atoms with Gasteiger partial charge in [0.15, 0.2) is 0 Å². The summed E-state index contributed by atoms with van der Waals surface area (Å²) >= 11 is 0. The van der Waals surface area contributed by atoms with Gasteiger partial charge in [-0.2, -0.15) is 5.26 Å². The molecular formula is C10H16N4O. The third-order valence-electron chi connectivity index (χ3n) is 3.07. The molecule has 15 heavy (non-hydrogen) atoms. The van der Waals surface area contributed by atoms with Gasteiger partial charge in [0, 0.05) is 32.7 Å². The van der Waals surface area contributed by atoms with E-state index in [0.29, 0.717) is 6.04 Å². The number of nitrogens with one attached hydrogen (secondary N) is 1. The topological polar surface area (TPSA) is 59.4 Å². The first-order valence-corrected chi connectivity index (χ1v) is 5.37. The van der Waals surface area contributed by atoms with E-state index < -0.39 is 0 Å². The van der Waals surface area contributed by atoms with Crippen LogP contribution in [0.15, 0.2) is 0 Å². The fourth-order valence-electron chi connectivity index (χ4n) is 2.26. The van der Waals surface area contributed by atoms with Crippen LogP contribution >= 0.6 is 0 Å². The number of hydrogen-bond acceptors (Lipinski definition) is 3. The first-order valence-electron chi connectivity index (χ1n) is 5.37. The lowest BCUT2D eigenvalue weighted by atomic mass is 10.1. The van der Waals surface area contributed by atoms with E-state index >= 15 is 0 Å². The lowest BCUT2D eigenvalue weighted by Gasteiger charge is -2.36. The van der Waals surface area contributed by atoms with Crippen LogP contribution in [0.5, 0.6) is 0 Å². The third kappa shape index (κ3) is 2.05. The van der Waals surface area contributed by atoms with Crippen molar-refractivity contribution in [1.29, 1.82) is 5.26 Å². The van der Waals surface area contributed by atoms with Crippen LogP contribution in [0.3, 0.4) is 0 Å². The minimum absolute atomic E-state index is 0.0629. The van der Waals surface area contributed by atoms with E-state index in [9.17, 15) is 4.79 Å². The van der Waals surface area contributed by atoms with E-state index in [4.69, 9.17) is 5.26 Å². The maximum atomic E-state index is 11.3. The molecule has 2 fully saturated rings. The van der Waals surface area contributed by atoms with Gasteiger partial charge in [-0.05, 0) is 6.92 Å². The molecule has 2 saturated heterocycles. The molecule has 2 unspecified atom stereocenters. The molecule has 0 aromatic rings. The van der Waals surface area contributed by atoms with E-state index in [1.165, 1.54) is 0 Å². The molecule has 1 N–H and O–H groups in total. The first kappa shape index (κ1) is 10.2. The minimum atomic E-state index is 0.0629. The van der Waals surface area contributed by atoms with Gasteiger partial charge in [-0.15, -0.1) is 0 Å². The zero-order valence-corrected chi connectivity index (χ0v) is 8.94. The van der Waals surface area contributed by atoms with Crippen LogP contribution in [0.1, 0.15) is 6.92 Å². The van der Waals surface area contributed by atoms with Gasteiger partial charge in [0.25, 0.3) is 0 Å². The van der Waals surface area contributed by atoms with E-state index in [0.717, 1.165) is 32.7 Å². The summed E-state index contributed by atoms with van der Waals surface area (Å²) in [4.78, 5) is 15.5. The second kappa shape index (κ2) is 4.07. The number of hydrogen-bond donors (Lipinski definition) is 1. The number of nitriles is 1. The van der Waals surface area contributed by atoms with Crippen molar-refractivity contribution in [3.05, 3.63) is 0 Å². The number of carbonyl (C=O) groups excluding carboxylic acids is 1. The quantitative estimate of drug-likeness (QED) is 0.687. The second-order valence-electron chi connectivity index (χ2n) is 4.32. The van der Waals surface area contributed by atoms with E-state index in [-0.39, 0.29) is 11.9 Å². The summed E-state index contributed by atoms with van der Waals surface area (Å²) in [5, 5.41) is 11.6. The SMILES string of the molecule is CC(C#N)CN1CCN2C(=O)NCC2C1. The normalized spacial score (nSPS) is 28.1. The van der Waals surface area contributed by atoms with Crippen molar-refractivity contribution in [2.75, 3.05) is 32.7 Å². The Morgan fingerprint density at radius 3 is 3.20 bits per heavy atom. The number of urea groups is 1. The van der Waals surface area contributed by atoms with Gasteiger partial charge in [-0.3, -0.25) is 4.90 Å². The first-order chi connectivity index (χ1) is 7.20. The number of nitrogens with zero attached hydrogens (tertiary/aromatic N) is 3. The lowest BCUT2D eigenvalue weighted by molar-refractivity contribution is 0.116. The largest absolute Gasteiger partial charge is 0.336 e. The third-order valence-corrected chi connectivity index (χ3v) is 3.07. The Balaban J connectivity index is 1.88. The van der Waals surface area contributed by atoms with E-state index in [1.54, 1.807) is 0 Å². The van der Waals surface area contributed by atoms with Crippen LogP contribution < -0.4 is 5.32 Å². The molecule has 2 atom stereocenters. The van der Waals surface area contributed by atoms with Gasteiger partial charge < -0.3 is 10.2 Å². The fraction of sp³-hybridized carbons (Fsp3) is 0.800. The Hall–Kier alpha value is -1.28. The summed E-state index contributed by atoms with van der Waals surface area (Å²) in [6.45, 7) is 6.06.